The highest BCUT2D eigenvalue weighted by molar-refractivity contribution is 7.80. The number of benzene rings is 1. The van der Waals surface area contributed by atoms with Gasteiger partial charge in [-0.15, -0.1) is 11.3 Å². The second-order valence-corrected chi connectivity index (χ2v) is 8.59. The van der Waals surface area contributed by atoms with E-state index in [1.165, 1.54) is 18.4 Å². The van der Waals surface area contributed by atoms with Crippen molar-refractivity contribution >= 4 is 45.3 Å². The lowest BCUT2D eigenvalue weighted by Crippen LogP contribution is -2.21. The molecule has 5 nitrogen and oxygen atoms in total. The summed E-state index contributed by atoms with van der Waals surface area (Å²) in [5.41, 5.74) is 2.42. The topological polar surface area (TPSA) is 59.6 Å². The minimum Gasteiger partial charge on any atom is -0.495 e. The number of rotatable bonds is 5. The van der Waals surface area contributed by atoms with Gasteiger partial charge in [0.2, 0.25) is 0 Å². The van der Waals surface area contributed by atoms with Crippen LogP contribution in [0.25, 0.3) is 0 Å². The summed E-state index contributed by atoms with van der Waals surface area (Å²) in [4.78, 5) is 13.1. The molecule has 0 spiro atoms. The molecule has 146 valence electrons. The summed E-state index contributed by atoms with van der Waals surface area (Å²) in [5.74, 6) is 0.310. The van der Waals surface area contributed by atoms with Crippen molar-refractivity contribution in [2.75, 3.05) is 24.9 Å². The Morgan fingerprint density at radius 1 is 1.19 bits per heavy atom. The van der Waals surface area contributed by atoms with Crippen LogP contribution in [0.3, 0.4) is 0 Å². The average molecular weight is 407 g/mol. The van der Waals surface area contributed by atoms with Gasteiger partial charge in [-0.3, -0.25) is 0 Å². The average Bonchev–Trinajstić information content (AvgIpc) is 3.02. The third-order valence-corrected chi connectivity index (χ3v) is 5.48. The molecule has 2 aromatic rings. The summed E-state index contributed by atoms with van der Waals surface area (Å²) in [5, 5.41) is 7.36. The molecule has 1 aromatic heterocycles. The van der Waals surface area contributed by atoms with Crippen molar-refractivity contribution in [2.45, 2.75) is 39.5 Å². The van der Waals surface area contributed by atoms with Crippen molar-refractivity contribution in [2.24, 2.45) is 0 Å². The number of nitrogens with one attached hydrogen (secondary N) is 2. The molecule has 0 fully saturated rings. The first-order valence-corrected chi connectivity index (χ1v) is 9.89. The fraction of sp³-hybridized carbons (Fsp3) is 0.400. The molecule has 0 atom stereocenters. The quantitative estimate of drug-likeness (QED) is 0.525. The Morgan fingerprint density at radius 3 is 2.44 bits per heavy atom. The van der Waals surface area contributed by atoms with Crippen molar-refractivity contribution in [3.8, 4) is 5.75 Å². The number of thiocarbonyl (C=S) groups is 1. The van der Waals surface area contributed by atoms with E-state index in [-0.39, 0.29) is 11.4 Å². The molecule has 2 rings (SSSR count). The van der Waals surface area contributed by atoms with Gasteiger partial charge in [0.1, 0.15) is 10.8 Å². The van der Waals surface area contributed by atoms with Crippen LogP contribution in [-0.2, 0) is 16.6 Å². The second-order valence-electron chi connectivity index (χ2n) is 7.04. The second kappa shape index (κ2) is 8.71. The number of hydrogen-bond donors (Lipinski definition) is 2. The van der Waals surface area contributed by atoms with Gasteiger partial charge in [0.05, 0.1) is 25.5 Å². The molecule has 0 aliphatic rings. The zero-order valence-electron chi connectivity index (χ0n) is 16.6. The number of anilines is 2. The van der Waals surface area contributed by atoms with E-state index in [9.17, 15) is 4.79 Å². The standard InChI is InChI=1S/C20H26N2O3S2/c1-7-13-11-14(18(23)25-6)17(27-13)22-19(26)21-15-10-12(20(2,3)4)8-9-16(15)24-5/h8-11H,7H2,1-6H3,(H2,21,22,26). The van der Waals surface area contributed by atoms with Gasteiger partial charge in [0, 0.05) is 4.88 Å². The Bertz CT molecular complexity index is 838. The SMILES string of the molecule is CCc1cc(C(=O)OC)c(NC(=S)Nc2cc(C(C)(C)C)ccc2OC)s1. The lowest BCUT2D eigenvalue weighted by Gasteiger charge is -2.21. The zero-order valence-corrected chi connectivity index (χ0v) is 18.2. The Kier molecular flexibility index (Phi) is 6.84. The van der Waals surface area contributed by atoms with Crippen LogP contribution in [0.1, 0.15) is 48.5 Å². The molecular weight excluding hydrogens is 380 g/mol. The maximum atomic E-state index is 12.0. The first-order chi connectivity index (χ1) is 12.7. The minimum absolute atomic E-state index is 0.000415. The molecule has 0 saturated heterocycles. The Balaban J connectivity index is 2.26. The van der Waals surface area contributed by atoms with E-state index in [1.807, 2.05) is 31.2 Å². The smallest absolute Gasteiger partial charge is 0.340 e. The fourth-order valence-corrected chi connectivity index (χ4v) is 3.76. The summed E-state index contributed by atoms with van der Waals surface area (Å²) in [7, 11) is 2.99. The largest absolute Gasteiger partial charge is 0.495 e. The van der Waals surface area contributed by atoms with Gasteiger partial charge in [0.15, 0.2) is 5.11 Å². The van der Waals surface area contributed by atoms with E-state index in [0.29, 0.717) is 21.4 Å². The molecular formula is C20H26N2O3S2. The number of carbonyl (C=O) groups excluding carboxylic acids is 1. The molecule has 0 radical (unpaired) electrons. The maximum absolute atomic E-state index is 12.0. The van der Waals surface area contributed by atoms with Crippen molar-refractivity contribution in [1.29, 1.82) is 0 Å². The van der Waals surface area contributed by atoms with E-state index >= 15 is 0 Å². The first-order valence-electron chi connectivity index (χ1n) is 8.67. The lowest BCUT2D eigenvalue weighted by atomic mass is 9.87. The van der Waals surface area contributed by atoms with Crippen LogP contribution in [-0.4, -0.2) is 25.3 Å². The van der Waals surface area contributed by atoms with E-state index in [2.05, 4.69) is 31.4 Å². The van der Waals surface area contributed by atoms with Crippen molar-refractivity contribution in [1.82, 2.24) is 0 Å². The van der Waals surface area contributed by atoms with Crippen molar-refractivity contribution in [3.63, 3.8) is 0 Å². The van der Waals surface area contributed by atoms with Gasteiger partial charge in [-0.25, -0.2) is 4.79 Å². The lowest BCUT2D eigenvalue weighted by molar-refractivity contribution is 0.0602. The van der Waals surface area contributed by atoms with E-state index in [0.717, 1.165) is 22.5 Å². The van der Waals surface area contributed by atoms with Gasteiger partial charge >= 0.3 is 5.97 Å². The molecule has 0 aliphatic heterocycles. The molecule has 27 heavy (non-hydrogen) atoms. The zero-order chi connectivity index (χ0) is 20.2. The molecule has 0 aliphatic carbocycles. The Morgan fingerprint density at radius 2 is 1.89 bits per heavy atom. The summed E-state index contributed by atoms with van der Waals surface area (Å²) < 4.78 is 10.3. The molecule has 0 unspecified atom stereocenters. The summed E-state index contributed by atoms with van der Waals surface area (Å²) in [6.45, 7) is 8.48. The summed E-state index contributed by atoms with van der Waals surface area (Å²) in [6.07, 6.45) is 0.831. The molecule has 7 heteroatoms. The molecule has 0 bridgehead atoms. The van der Waals surface area contributed by atoms with Crippen LogP contribution in [0.15, 0.2) is 24.3 Å². The first kappa shape index (κ1) is 21.2. The highest BCUT2D eigenvalue weighted by Gasteiger charge is 2.19. The number of hydrogen-bond acceptors (Lipinski definition) is 5. The maximum Gasteiger partial charge on any atom is 0.340 e. The van der Waals surface area contributed by atoms with Crippen LogP contribution in [0.5, 0.6) is 5.75 Å². The number of thiophene rings is 1. The van der Waals surface area contributed by atoms with Crippen LogP contribution in [0.2, 0.25) is 0 Å². The van der Waals surface area contributed by atoms with Crippen LogP contribution in [0.4, 0.5) is 10.7 Å². The summed E-state index contributed by atoms with van der Waals surface area (Å²) >= 11 is 6.96. The van der Waals surface area contributed by atoms with Crippen LogP contribution >= 0.6 is 23.6 Å². The van der Waals surface area contributed by atoms with Crippen molar-refractivity contribution in [3.05, 3.63) is 40.3 Å². The number of ether oxygens (including phenoxy) is 2. The van der Waals surface area contributed by atoms with Crippen LogP contribution in [0, 0.1) is 0 Å². The predicted molar refractivity (Wildman–Crippen MR) is 117 cm³/mol. The molecule has 1 aromatic carbocycles. The van der Waals surface area contributed by atoms with Gasteiger partial charge in [-0.2, -0.15) is 0 Å². The Hall–Kier alpha value is -2.12. The molecule has 0 saturated carbocycles. The Labute approximate surface area is 170 Å². The normalized spacial score (nSPS) is 11.0. The number of carbonyl (C=O) groups is 1. The van der Waals surface area contributed by atoms with E-state index < -0.39 is 0 Å². The highest BCUT2D eigenvalue weighted by Crippen LogP contribution is 2.33. The number of esters is 1. The third kappa shape index (κ3) is 5.20. The monoisotopic (exact) mass is 406 g/mol. The van der Waals surface area contributed by atoms with Gasteiger partial charge in [-0.1, -0.05) is 33.8 Å². The van der Waals surface area contributed by atoms with Crippen LogP contribution < -0.4 is 15.4 Å². The highest BCUT2D eigenvalue weighted by atomic mass is 32.1. The fourth-order valence-electron chi connectivity index (χ4n) is 2.50. The molecule has 2 N–H and O–H groups in total. The number of aryl methyl sites for hydroxylation is 1. The van der Waals surface area contributed by atoms with E-state index in [4.69, 9.17) is 21.7 Å². The van der Waals surface area contributed by atoms with E-state index in [1.54, 1.807) is 7.11 Å². The van der Waals surface area contributed by atoms with Gasteiger partial charge in [0.25, 0.3) is 0 Å². The summed E-state index contributed by atoms with van der Waals surface area (Å²) in [6, 6.07) is 7.83. The number of methoxy groups -OCH3 is 2. The predicted octanol–water partition coefficient (Wildman–Crippen LogP) is 5.21. The molecule has 0 amide bonds. The van der Waals surface area contributed by atoms with Gasteiger partial charge in [-0.05, 0) is 47.8 Å². The molecule has 1 heterocycles. The third-order valence-electron chi connectivity index (χ3n) is 4.08. The minimum atomic E-state index is -0.386. The van der Waals surface area contributed by atoms with Crippen molar-refractivity contribution < 1.29 is 14.3 Å². The van der Waals surface area contributed by atoms with Gasteiger partial charge < -0.3 is 20.1 Å².